The fourth-order valence-electron chi connectivity index (χ4n) is 6.11. The molecule has 0 spiro atoms. The second-order valence-corrected chi connectivity index (χ2v) is 8.27. The fourth-order valence-corrected chi connectivity index (χ4v) is 6.11. The van der Waals surface area contributed by atoms with Crippen molar-refractivity contribution in [2.75, 3.05) is 27.8 Å². The van der Waals surface area contributed by atoms with E-state index in [9.17, 15) is 4.79 Å². The number of hydrogen-bond acceptors (Lipinski definition) is 5. The van der Waals surface area contributed by atoms with Crippen molar-refractivity contribution in [3.63, 3.8) is 0 Å². The Morgan fingerprint density at radius 2 is 1.54 bits per heavy atom. The van der Waals surface area contributed by atoms with Crippen LogP contribution in [0.1, 0.15) is 54.4 Å². The van der Waals surface area contributed by atoms with Gasteiger partial charge in [-0.1, -0.05) is 0 Å². The molecule has 142 valence electrons. The monoisotopic (exact) mass is 360 g/mol. The van der Waals surface area contributed by atoms with Gasteiger partial charge in [0.05, 0.1) is 5.56 Å². The third-order valence-corrected chi connectivity index (χ3v) is 6.50. The van der Waals surface area contributed by atoms with Gasteiger partial charge in [0.1, 0.15) is 11.5 Å². The van der Waals surface area contributed by atoms with Gasteiger partial charge in [0, 0.05) is 25.2 Å². The molecule has 5 heteroatoms. The molecule has 0 saturated heterocycles. The van der Waals surface area contributed by atoms with Gasteiger partial charge in [0.2, 0.25) is 0 Å². The van der Waals surface area contributed by atoms with Crippen molar-refractivity contribution in [2.24, 2.45) is 17.8 Å². The lowest BCUT2D eigenvalue weighted by Gasteiger charge is -2.57. The zero-order valence-corrected chi connectivity index (χ0v) is 15.7. The zero-order valence-electron chi connectivity index (χ0n) is 15.7. The van der Waals surface area contributed by atoms with E-state index in [1.165, 1.54) is 19.3 Å². The highest BCUT2D eigenvalue weighted by Gasteiger charge is 2.53. The van der Waals surface area contributed by atoms with E-state index in [0.717, 1.165) is 54.6 Å². The molecular formula is C21H28O5. The topological polar surface area (TPSA) is 54.0 Å². The number of methoxy groups -OCH3 is 2. The molecule has 0 atom stereocenters. The number of hydrogen-bond donors (Lipinski definition) is 0. The smallest absolute Gasteiger partial charge is 0.188 e. The van der Waals surface area contributed by atoms with Crippen molar-refractivity contribution in [3.8, 4) is 11.5 Å². The van der Waals surface area contributed by atoms with E-state index in [-0.39, 0.29) is 19.0 Å². The van der Waals surface area contributed by atoms with Crippen molar-refractivity contribution in [1.29, 1.82) is 0 Å². The maximum Gasteiger partial charge on any atom is 0.188 e. The van der Waals surface area contributed by atoms with Crippen molar-refractivity contribution >= 4 is 6.29 Å². The highest BCUT2D eigenvalue weighted by molar-refractivity contribution is 5.82. The van der Waals surface area contributed by atoms with Gasteiger partial charge in [-0.3, -0.25) is 4.79 Å². The van der Waals surface area contributed by atoms with Gasteiger partial charge < -0.3 is 18.9 Å². The number of benzene rings is 1. The predicted molar refractivity (Wildman–Crippen MR) is 96.7 cm³/mol. The number of rotatable bonds is 8. The van der Waals surface area contributed by atoms with Crippen LogP contribution in [0, 0.1) is 17.8 Å². The normalized spacial score (nSPS) is 31.8. The summed E-state index contributed by atoms with van der Waals surface area (Å²) in [6, 6.07) is 3.67. The van der Waals surface area contributed by atoms with Crippen molar-refractivity contribution < 1.29 is 23.7 Å². The molecule has 4 aliphatic carbocycles. The molecule has 0 aromatic heterocycles. The van der Waals surface area contributed by atoms with Crippen LogP contribution in [0.3, 0.4) is 0 Å². The molecule has 4 fully saturated rings. The van der Waals surface area contributed by atoms with Crippen LogP contribution >= 0.6 is 0 Å². The maximum absolute atomic E-state index is 11.7. The van der Waals surface area contributed by atoms with Gasteiger partial charge >= 0.3 is 0 Å². The second kappa shape index (κ2) is 7.20. The molecular weight excluding hydrogens is 332 g/mol. The Bertz CT molecular complexity index is 633. The molecule has 4 bridgehead atoms. The van der Waals surface area contributed by atoms with Crippen LogP contribution in [0.5, 0.6) is 11.5 Å². The average molecular weight is 360 g/mol. The van der Waals surface area contributed by atoms with Crippen LogP contribution in [-0.2, 0) is 14.9 Å². The number of carbonyl (C=O) groups is 1. The first kappa shape index (κ1) is 17.8. The van der Waals surface area contributed by atoms with Crippen LogP contribution in [0.15, 0.2) is 12.1 Å². The first-order chi connectivity index (χ1) is 12.7. The molecule has 0 heterocycles. The maximum atomic E-state index is 11.7. The van der Waals surface area contributed by atoms with Crippen LogP contribution in [0.4, 0.5) is 0 Å². The zero-order chi connectivity index (χ0) is 18.1. The Kier molecular flexibility index (Phi) is 4.93. The van der Waals surface area contributed by atoms with E-state index >= 15 is 0 Å². The first-order valence-corrected chi connectivity index (χ1v) is 9.55. The lowest BCUT2D eigenvalue weighted by Crippen LogP contribution is -2.49. The van der Waals surface area contributed by atoms with Crippen LogP contribution in [-0.4, -0.2) is 34.1 Å². The summed E-state index contributed by atoms with van der Waals surface area (Å²) in [6.45, 7) is 0.303. The quantitative estimate of drug-likeness (QED) is 0.519. The number of aldehydes is 1. The minimum absolute atomic E-state index is 0.0416. The molecule has 26 heavy (non-hydrogen) atoms. The summed E-state index contributed by atoms with van der Waals surface area (Å²) in [6.07, 6.45) is 8.42. The molecule has 1 aromatic carbocycles. The fraction of sp³-hybridized carbons (Fsp3) is 0.667. The Labute approximate surface area is 155 Å². The number of carbonyl (C=O) groups excluding carboxylic acids is 1. The molecule has 0 amide bonds. The number of ether oxygens (including phenoxy) is 4. The minimum Gasteiger partial charge on any atom is -0.467 e. The lowest BCUT2D eigenvalue weighted by atomic mass is 9.48. The Morgan fingerprint density at radius 3 is 2.08 bits per heavy atom. The van der Waals surface area contributed by atoms with Crippen molar-refractivity contribution in [1.82, 2.24) is 0 Å². The van der Waals surface area contributed by atoms with E-state index in [1.54, 1.807) is 20.3 Å². The van der Waals surface area contributed by atoms with Gasteiger partial charge in [-0.05, 0) is 68.4 Å². The summed E-state index contributed by atoms with van der Waals surface area (Å²) in [5, 5.41) is 0. The molecule has 5 rings (SSSR count). The SMILES string of the molecule is COCOc1ccc(C=O)c(OCOC)c1C12CC3CC(CC(C3)C1)C2. The van der Waals surface area contributed by atoms with Crippen molar-refractivity contribution in [3.05, 3.63) is 23.3 Å². The molecule has 0 aliphatic heterocycles. The van der Waals surface area contributed by atoms with Gasteiger partial charge in [0.15, 0.2) is 19.9 Å². The Morgan fingerprint density at radius 1 is 0.962 bits per heavy atom. The first-order valence-electron chi connectivity index (χ1n) is 9.55. The van der Waals surface area contributed by atoms with Crippen molar-refractivity contribution in [2.45, 2.75) is 43.9 Å². The summed E-state index contributed by atoms with van der Waals surface area (Å²) in [7, 11) is 3.21. The average Bonchev–Trinajstić information content (AvgIpc) is 2.63. The third kappa shape index (κ3) is 3.01. The van der Waals surface area contributed by atoms with Crippen LogP contribution in [0.25, 0.3) is 0 Å². The molecule has 1 aromatic rings. The van der Waals surface area contributed by atoms with Gasteiger partial charge in [0.25, 0.3) is 0 Å². The molecule has 4 saturated carbocycles. The lowest BCUT2D eigenvalue weighted by molar-refractivity contribution is -0.0127. The molecule has 0 radical (unpaired) electrons. The van der Waals surface area contributed by atoms with Crippen LogP contribution < -0.4 is 9.47 Å². The summed E-state index contributed by atoms with van der Waals surface area (Å²) >= 11 is 0. The standard InChI is InChI=1S/C21H28O5/c1-23-12-25-18-4-3-17(11-22)20(26-13-24-2)19(18)21-8-14-5-15(9-21)7-16(6-14)10-21/h3-4,11,14-16H,5-10,12-13H2,1-2H3. The molecule has 4 aliphatic rings. The summed E-state index contributed by atoms with van der Waals surface area (Å²) in [5.74, 6) is 3.77. The van der Waals surface area contributed by atoms with E-state index in [0.29, 0.717) is 11.3 Å². The Balaban J connectivity index is 1.82. The van der Waals surface area contributed by atoms with Gasteiger partial charge in [-0.2, -0.15) is 0 Å². The third-order valence-electron chi connectivity index (χ3n) is 6.50. The summed E-state index contributed by atoms with van der Waals surface area (Å²) in [4.78, 5) is 11.7. The predicted octanol–water partition coefficient (Wildman–Crippen LogP) is 3.93. The second-order valence-electron chi connectivity index (χ2n) is 8.27. The van der Waals surface area contributed by atoms with E-state index in [1.807, 2.05) is 6.07 Å². The van der Waals surface area contributed by atoms with E-state index in [2.05, 4.69) is 0 Å². The largest absolute Gasteiger partial charge is 0.467 e. The molecule has 5 nitrogen and oxygen atoms in total. The molecule has 0 unspecified atom stereocenters. The Hall–Kier alpha value is -1.59. The molecule has 0 N–H and O–H groups in total. The summed E-state index contributed by atoms with van der Waals surface area (Å²) < 4.78 is 22.2. The highest BCUT2D eigenvalue weighted by Crippen LogP contribution is 2.63. The minimum atomic E-state index is 0.0416. The van der Waals surface area contributed by atoms with E-state index < -0.39 is 0 Å². The van der Waals surface area contributed by atoms with Crippen LogP contribution in [0.2, 0.25) is 0 Å². The van der Waals surface area contributed by atoms with Gasteiger partial charge in [-0.15, -0.1) is 0 Å². The van der Waals surface area contributed by atoms with E-state index in [4.69, 9.17) is 18.9 Å². The summed E-state index contributed by atoms with van der Waals surface area (Å²) in [5.41, 5.74) is 1.67. The van der Waals surface area contributed by atoms with Gasteiger partial charge in [-0.25, -0.2) is 0 Å². The highest BCUT2D eigenvalue weighted by atomic mass is 16.7.